The molecule has 3 amide bonds. The Morgan fingerprint density at radius 3 is 2.36 bits per heavy atom. The molecule has 0 spiro atoms. The van der Waals surface area contributed by atoms with Crippen molar-refractivity contribution in [2.24, 2.45) is 5.73 Å². The molecule has 22 heavy (non-hydrogen) atoms. The van der Waals surface area contributed by atoms with Crippen molar-refractivity contribution in [1.82, 2.24) is 5.32 Å². The van der Waals surface area contributed by atoms with Gasteiger partial charge < -0.3 is 16.4 Å². The molecule has 1 aromatic carbocycles. The first kappa shape index (κ1) is 17.0. The number of primary amides is 1. The zero-order valence-corrected chi connectivity index (χ0v) is 15.5. The summed E-state index contributed by atoms with van der Waals surface area (Å²) in [6.07, 6.45) is 0. The van der Waals surface area contributed by atoms with Crippen molar-refractivity contribution < 1.29 is 9.59 Å². The maximum atomic E-state index is 12.2. The standard InChI is InChI=1S/C14H13Br2N3O2S/c1-7(8-2-4-9(5-3-8)19-14(17)21)18-13(20)11-6-10(15)12(16)22-11/h2-7H,1H3,(H,18,20)(H3,17,19,21). The van der Waals surface area contributed by atoms with E-state index in [0.717, 1.165) is 13.8 Å². The van der Waals surface area contributed by atoms with Crippen LogP contribution in [0, 0.1) is 0 Å². The lowest BCUT2D eigenvalue weighted by atomic mass is 10.1. The van der Waals surface area contributed by atoms with E-state index in [1.807, 2.05) is 19.1 Å². The summed E-state index contributed by atoms with van der Waals surface area (Å²) in [5.74, 6) is -0.136. The second-order valence-electron chi connectivity index (χ2n) is 4.54. The molecular weight excluding hydrogens is 434 g/mol. The lowest BCUT2D eigenvalue weighted by molar-refractivity contribution is 0.0944. The van der Waals surface area contributed by atoms with Crippen LogP contribution in [0.25, 0.3) is 0 Å². The third-order valence-electron chi connectivity index (χ3n) is 2.89. The van der Waals surface area contributed by atoms with Gasteiger partial charge in [0.15, 0.2) is 0 Å². The molecule has 2 aromatic rings. The Hall–Kier alpha value is -1.38. The first-order chi connectivity index (χ1) is 10.4. The van der Waals surface area contributed by atoms with Crippen molar-refractivity contribution in [3.63, 3.8) is 0 Å². The molecule has 0 saturated heterocycles. The van der Waals surface area contributed by atoms with Crippen LogP contribution in [-0.2, 0) is 0 Å². The van der Waals surface area contributed by atoms with Crippen molar-refractivity contribution >= 4 is 60.8 Å². The van der Waals surface area contributed by atoms with Crippen LogP contribution in [0.4, 0.5) is 10.5 Å². The second kappa shape index (κ2) is 7.26. The fourth-order valence-corrected chi connectivity index (χ4v) is 3.75. The van der Waals surface area contributed by atoms with E-state index in [9.17, 15) is 9.59 Å². The number of hydrogen-bond acceptors (Lipinski definition) is 3. The number of amides is 3. The summed E-state index contributed by atoms with van der Waals surface area (Å²) in [5.41, 5.74) is 6.59. The molecule has 1 unspecified atom stereocenters. The van der Waals surface area contributed by atoms with Gasteiger partial charge in [-0.3, -0.25) is 4.79 Å². The zero-order chi connectivity index (χ0) is 16.3. The molecule has 0 aliphatic rings. The van der Waals surface area contributed by atoms with Gasteiger partial charge in [-0.2, -0.15) is 0 Å². The van der Waals surface area contributed by atoms with E-state index in [0.29, 0.717) is 10.6 Å². The van der Waals surface area contributed by atoms with Crippen molar-refractivity contribution in [1.29, 1.82) is 0 Å². The number of anilines is 1. The molecule has 0 radical (unpaired) electrons. The van der Waals surface area contributed by atoms with Gasteiger partial charge >= 0.3 is 6.03 Å². The predicted octanol–water partition coefficient (Wildman–Crippen LogP) is 4.25. The molecule has 0 aliphatic heterocycles. The number of nitrogens with two attached hydrogens (primary N) is 1. The third-order valence-corrected chi connectivity index (χ3v) is 6.15. The smallest absolute Gasteiger partial charge is 0.316 e. The molecule has 0 aliphatic carbocycles. The van der Waals surface area contributed by atoms with Crippen molar-refractivity contribution in [3.8, 4) is 0 Å². The van der Waals surface area contributed by atoms with Gasteiger partial charge in [0.05, 0.1) is 14.7 Å². The quantitative estimate of drug-likeness (QED) is 0.655. The van der Waals surface area contributed by atoms with Crippen LogP contribution in [0.1, 0.15) is 28.2 Å². The minimum Gasteiger partial charge on any atom is -0.351 e. The molecular formula is C14H13Br2N3O2S. The highest BCUT2D eigenvalue weighted by Gasteiger charge is 2.15. The summed E-state index contributed by atoms with van der Waals surface area (Å²) >= 11 is 8.10. The van der Waals surface area contributed by atoms with Gasteiger partial charge in [0.25, 0.3) is 5.91 Å². The van der Waals surface area contributed by atoms with Crippen LogP contribution >= 0.6 is 43.2 Å². The highest BCUT2D eigenvalue weighted by molar-refractivity contribution is 9.13. The van der Waals surface area contributed by atoms with E-state index in [1.54, 1.807) is 18.2 Å². The molecule has 2 rings (SSSR count). The molecule has 116 valence electrons. The van der Waals surface area contributed by atoms with Crippen molar-refractivity contribution in [3.05, 3.63) is 49.0 Å². The summed E-state index contributed by atoms with van der Waals surface area (Å²) in [7, 11) is 0. The summed E-state index contributed by atoms with van der Waals surface area (Å²) in [5, 5.41) is 5.42. The van der Waals surface area contributed by atoms with E-state index in [-0.39, 0.29) is 11.9 Å². The number of urea groups is 1. The van der Waals surface area contributed by atoms with Gasteiger partial charge in [0.1, 0.15) is 0 Å². The lowest BCUT2D eigenvalue weighted by Crippen LogP contribution is -2.26. The molecule has 1 heterocycles. The molecule has 0 bridgehead atoms. The van der Waals surface area contributed by atoms with E-state index >= 15 is 0 Å². The number of carbonyl (C=O) groups excluding carboxylic acids is 2. The van der Waals surface area contributed by atoms with E-state index in [1.165, 1.54) is 11.3 Å². The fourth-order valence-electron chi connectivity index (χ4n) is 1.81. The third kappa shape index (κ3) is 4.31. The molecule has 8 heteroatoms. The van der Waals surface area contributed by atoms with E-state index < -0.39 is 6.03 Å². The van der Waals surface area contributed by atoms with Crippen LogP contribution in [0.5, 0.6) is 0 Å². The van der Waals surface area contributed by atoms with Crippen molar-refractivity contribution in [2.75, 3.05) is 5.32 Å². The highest BCUT2D eigenvalue weighted by atomic mass is 79.9. The van der Waals surface area contributed by atoms with Gasteiger partial charge in [0.2, 0.25) is 0 Å². The van der Waals surface area contributed by atoms with Gasteiger partial charge in [0, 0.05) is 10.2 Å². The number of benzene rings is 1. The average Bonchev–Trinajstić information content (AvgIpc) is 2.79. The molecule has 5 nitrogen and oxygen atoms in total. The van der Waals surface area contributed by atoms with Crippen LogP contribution in [0.2, 0.25) is 0 Å². The van der Waals surface area contributed by atoms with Crippen LogP contribution in [0.3, 0.4) is 0 Å². The Morgan fingerprint density at radius 2 is 1.86 bits per heavy atom. The molecule has 4 N–H and O–H groups in total. The summed E-state index contributed by atoms with van der Waals surface area (Å²) < 4.78 is 1.74. The topological polar surface area (TPSA) is 84.2 Å². The Morgan fingerprint density at radius 1 is 1.23 bits per heavy atom. The van der Waals surface area contributed by atoms with Gasteiger partial charge in [-0.25, -0.2) is 4.79 Å². The van der Waals surface area contributed by atoms with Gasteiger partial charge in [-0.1, -0.05) is 12.1 Å². The Kier molecular flexibility index (Phi) is 5.60. The number of hydrogen-bond donors (Lipinski definition) is 3. The number of halogens is 2. The normalized spacial score (nSPS) is 11.8. The fraction of sp³-hybridized carbons (Fsp3) is 0.143. The Labute approximate surface area is 148 Å². The molecule has 0 saturated carbocycles. The number of thiophene rings is 1. The first-order valence-electron chi connectivity index (χ1n) is 6.29. The SMILES string of the molecule is CC(NC(=O)c1cc(Br)c(Br)s1)c1ccc(NC(N)=O)cc1. The maximum Gasteiger partial charge on any atom is 0.316 e. The van der Waals surface area contributed by atoms with E-state index in [2.05, 4.69) is 42.5 Å². The Balaban J connectivity index is 2.03. The second-order valence-corrected chi connectivity index (χ2v) is 7.76. The van der Waals surface area contributed by atoms with Crippen molar-refractivity contribution in [2.45, 2.75) is 13.0 Å². The number of carbonyl (C=O) groups is 2. The summed E-state index contributed by atoms with van der Waals surface area (Å²) in [4.78, 5) is 23.6. The number of rotatable bonds is 4. The molecule has 1 atom stereocenters. The predicted molar refractivity (Wildman–Crippen MR) is 95.2 cm³/mol. The molecule has 0 fully saturated rings. The highest BCUT2D eigenvalue weighted by Crippen LogP contribution is 2.32. The van der Waals surface area contributed by atoms with E-state index in [4.69, 9.17) is 5.73 Å². The first-order valence-corrected chi connectivity index (χ1v) is 8.69. The molecule has 1 aromatic heterocycles. The van der Waals surface area contributed by atoms with Crippen LogP contribution in [-0.4, -0.2) is 11.9 Å². The summed E-state index contributed by atoms with van der Waals surface area (Å²) in [6.45, 7) is 1.89. The van der Waals surface area contributed by atoms with Gasteiger partial charge in [-0.05, 0) is 62.5 Å². The van der Waals surface area contributed by atoms with Crippen LogP contribution in [0.15, 0.2) is 38.6 Å². The average molecular weight is 447 g/mol. The minimum atomic E-state index is -0.608. The van der Waals surface area contributed by atoms with Gasteiger partial charge in [-0.15, -0.1) is 11.3 Å². The lowest BCUT2D eigenvalue weighted by Gasteiger charge is -2.14. The zero-order valence-electron chi connectivity index (χ0n) is 11.5. The largest absolute Gasteiger partial charge is 0.351 e. The maximum absolute atomic E-state index is 12.2. The number of nitrogens with one attached hydrogen (secondary N) is 2. The monoisotopic (exact) mass is 445 g/mol. The summed E-state index contributed by atoms with van der Waals surface area (Å²) in [6, 6.07) is 8.14. The van der Waals surface area contributed by atoms with Crippen LogP contribution < -0.4 is 16.4 Å². The Bertz CT molecular complexity index is 681. The minimum absolute atomic E-state index is 0.136.